The van der Waals surface area contributed by atoms with E-state index < -0.39 is 0 Å². The molecule has 1 aliphatic heterocycles. The first-order valence-corrected chi connectivity index (χ1v) is 3.21. The summed E-state index contributed by atoms with van der Waals surface area (Å²) in [6.45, 7) is 2.00. The van der Waals surface area contributed by atoms with Gasteiger partial charge in [0, 0.05) is 39.1 Å². The molecule has 1 nitrogen and oxygen atoms in total. The molecule has 0 radical (unpaired) electrons. The van der Waals surface area contributed by atoms with E-state index in [4.69, 9.17) is 4.74 Å². The number of ether oxygens (including phenoxy) is 1. The zero-order valence-electron chi connectivity index (χ0n) is 5.32. The molecule has 1 aliphatic rings. The predicted molar refractivity (Wildman–Crippen MR) is 31.8 cm³/mol. The van der Waals surface area contributed by atoms with Gasteiger partial charge < -0.3 is 4.74 Å². The molecule has 0 aromatic carbocycles. The third kappa shape index (κ3) is 6.87. The Morgan fingerprint density at radius 3 is 1.62 bits per heavy atom. The minimum absolute atomic E-state index is 0. The molecule has 0 bridgehead atoms. The maximum atomic E-state index is 4.94. The average Bonchev–Trinajstić information content (AvgIpc) is 2.23. The van der Waals surface area contributed by atoms with Gasteiger partial charge in [0.2, 0.25) is 0 Å². The van der Waals surface area contributed by atoms with Gasteiger partial charge in [0.05, 0.1) is 0 Å². The average molecular weight is 188 g/mol. The van der Waals surface area contributed by atoms with Gasteiger partial charge in [-0.1, -0.05) is 0 Å². The molecule has 0 atom stereocenters. The second kappa shape index (κ2) is 10.8. The van der Waals surface area contributed by atoms with Crippen molar-refractivity contribution in [2.45, 2.75) is 12.8 Å². The van der Waals surface area contributed by atoms with Gasteiger partial charge in [-0.15, -0.1) is 11.6 Å². The van der Waals surface area contributed by atoms with Crippen LogP contribution in [-0.4, -0.2) is 19.6 Å². The Labute approximate surface area is 68.5 Å². The van der Waals surface area contributed by atoms with Gasteiger partial charge in [0.25, 0.3) is 0 Å². The van der Waals surface area contributed by atoms with E-state index >= 15 is 0 Å². The Kier molecular flexibility index (Phi) is 15.7. The summed E-state index contributed by atoms with van der Waals surface area (Å²) < 4.78 is 4.94. The molecule has 0 aromatic rings. The molecule has 8 heavy (non-hydrogen) atoms. The molecule has 0 spiro atoms. The normalized spacial score (nSPS) is 15.8. The van der Waals surface area contributed by atoms with E-state index in [1.54, 1.807) is 0 Å². The fourth-order valence-electron chi connectivity index (χ4n) is 0.510. The number of alkyl halides is 1. The van der Waals surface area contributed by atoms with Crippen LogP contribution < -0.4 is 0 Å². The maximum absolute atomic E-state index is 4.94. The van der Waals surface area contributed by atoms with Crippen molar-refractivity contribution in [2.75, 3.05) is 19.6 Å². The first-order chi connectivity index (χ1) is 3.50. The van der Waals surface area contributed by atoms with Crippen molar-refractivity contribution in [3.05, 3.63) is 0 Å². The molecule has 3 heteroatoms. The first-order valence-electron chi connectivity index (χ1n) is 2.46. The van der Waals surface area contributed by atoms with E-state index in [0.29, 0.717) is 0 Å². The molecule has 46 valence electrons. The van der Waals surface area contributed by atoms with Crippen molar-refractivity contribution < 1.29 is 24.2 Å². The third-order valence-electron chi connectivity index (χ3n) is 0.827. The van der Waals surface area contributed by atoms with Crippen LogP contribution in [0.4, 0.5) is 0 Å². The van der Waals surface area contributed by atoms with Gasteiger partial charge in [-0.3, -0.25) is 0 Å². The molecule has 1 saturated heterocycles. The summed E-state index contributed by atoms with van der Waals surface area (Å²) in [7, 11) is 0. The van der Waals surface area contributed by atoms with Crippen molar-refractivity contribution >= 4 is 11.6 Å². The Balaban J connectivity index is 0. The number of hydrogen-bond donors (Lipinski definition) is 0. The molecule has 0 aromatic heterocycles. The van der Waals surface area contributed by atoms with E-state index in [1.165, 1.54) is 19.2 Å². The van der Waals surface area contributed by atoms with Gasteiger partial charge in [0.15, 0.2) is 0 Å². The maximum Gasteiger partial charge on any atom is 0.0466 e. The van der Waals surface area contributed by atoms with Crippen molar-refractivity contribution in [1.29, 1.82) is 0 Å². The smallest absolute Gasteiger partial charge is 0.0466 e. The number of rotatable bonds is 0. The van der Waals surface area contributed by atoms with E-state index in [2.05, 4.69) is 11.6 Å². The summed E-state index contributed by atoms with van der Waals surface area (Å²) >= 11 is 4.64. The SMILES string of the molecule is C1CCOC1.CCl.[Zn]. The van der Waals surface area contributed by atoms with Crippen LogP contribution in [0.15, 0.2) is 0 Å². The van der Waals surface area contributed by atoms with Crippen molar-refractivity contribution in [3.8, 4) is 0 Å². The van der Waals surface area contributed by atoms with Gasteiger partial charge >= 0.3 is 0 Å². The van der Waals surface area contributed by atoms with Crippen LogP contribution in [0.1, 0.15) is 12.8 Å². The standard InChI is InChI=1S/C4H8O.CH3Cl.Zn/c1-2-4-5-3-1;1-2;/h1-4H2;1H3;. The molecular weight excluding hydrogens is 177 g/mol. The summed E-state index contributed by atoms with van der Waals surface area (Å²) in [5, 5.41) is 0. The van der Waals surface area contributed by atoms with Crippen LogP contribution in [0.3, 0.4) is 0 Å². The quantitative estimate of drug-likeness (QED) is 0.414. The number of halogens is 1. The van der Waals surface area contributed by atoms with Gasteiger partial charge in [-0.25, -0.2) is 0 Å². The Morgan fingerprint density at radius 2 is 1.50 bits per heavy atom. The Bertz CT molecular complexity index is 24.0. The predicted octanol–water partition coefficient (Wildman–Crippen LogP) is 1.65. The minimum Gasteiger partial charge on any atom is -0.381 e. The second-order valence-electron chi connectivity index (χ2n) is 1.32. The van der Waals surface area contributed by atoms with E-state index in [1.807, 2.05) is 0 Å². The molecule has 1 heterocycles. The zero-order valence-corrected chi connectivity index (χ0v) is 9.04. The van der Waals surface area contributed by atoms with E-state index in [-0.39, 0.29) is 19.5 Å². The van der Waals surface area contributed by atoms with Crippen molar-refractivity contribution in [3.63, 3.8) is 0 Å². The van der Waals surface area contributed by atoms with Crippen LogP contribution in [0.5, 0.6) is 0 Å². The molecule has 0 N–H and O–H groups in total. The second-order valence-corrected chi connectivity index (χ2v) is 1.32. The van der Waals surface area contributed by atoms with Gasteiger partial charge in [-0.2, -0.15) is 0 Å². The largest absolute Gasteiger partial charge is 0.381 e. The fraction of sp³-hybridized carbons (Fsp3) is 1.00. The van der Waals surface area contributed by atoms with E-state index in [9.17, 15) is 0 Å². The molecule has 1 fully saturated rings. The molecule has 0 saturated carbocycles. The van der Waals surface area contributed by atoms with E-state index in [0.717, 1.165) is 13.2 Å². The summed E-state index contributed by atoms with van der Waals surface area (Å²) in [4.78, 5) is 0. The molecule has 0 unspecified atom stereocenters. The fourth-order valence-corrected chi connectivity index (χ4v) is 0.510. The van der Waals surface area contributed by atoms with Crippen molar-refractivity contribution in [2.24, 2.45) is 0 Å². The monoisotopic (exact) mass is 186 g/mol. The molecular formula is C5H11ClOZn. The summed E-state index contributed by atoms with van der Waals surface area (Å²) in [6.07, 6.45) is 4.03. The molecule has 0 amide bonds. The summed E-state index contributed by atoms with van der Waals surface area (Å²) in [5.74, 6) is 0. The first kappa shape index (κ1) is 11.6. The number of hydrogen-bond acceptors (Lipinski definition) is 1. The van der Waals surface area contributed by atoms with Crippen molar-refractivity contribution in [1.82, 2.24) is 0 Å². The third-order valence-corrected chi connectivity index (χ3v) is 0.827. The topological polar surface area (TPSA) is 9.23 Å². The molecule has 1 rings (SSSR count). The van der Waals surface area contributed by atoms with Crippen LogP contribution in [0, 0.1) is 0 Å². The summed E-state index contributed by atoms with van der Waals surface area (Å²) in [5.41, 5.74) is 0. The molecule has 0 aliphatic carbocycles. The zero-order chi connectivity index (χ0) is 5.54. The minimum atomic E-state index is 0. The Hall–Kier alpha value is 0.873. The summed E-state index contributed by atoms with van der Waals surface area (Å²) in [6, 6.07) is 0. The Morgan fingerprint density at radius 1 is 1.12 bits per heavy atom. The van der Waals surface area contributed by atoms with Gasteiger partial charge in [0.1, 0.15) is 0 Å². The van der Waals surface area contributed by atoms with Crippen LogP contribution in [0.25, 0.3) is 0 Å². The van der Waals surface area contributed by atoms with Crippen LogP contribution in [-0.2, 0) is 24.2 Å². The van der Waals surface area contributed by atoms with Crippen LogP contribution >= 0.6 is 11.6 Å². The van der Waals surface area contributed by atoms with Gasteiger partial charge in [-0.05, 0) is 12.8 Å². The van der Waals surface area contributed by atoms with Crippen LogP contribution in [0.2, 0.25) is 0 Å².